The van der Waals surface area contributed by atoms with Crippen LogP contribution in [0.3, 0.4) is 0 Å². The zero-order valence-electron chi connectivity index (χ0n) is 16.7. The van der Waals surface area contributed by atoms with Gasteiger partial charge in [-0.3, -0.25) is 14.7 Å². The summed E-state index contributed by atoms with van der Waals surface area (Å²) in [6.07, 6.45) is 1.71. The number of hydrogen-bond acceptors (Lipinski definition) is 6. The van der Waals surface area contributed by atoms with E-state index in [0.717, 1.165) is 21.5 Å². The Morgan fingerprint density at radius 2 is 1.97 bits per heavy atom. The first kappa shape index (κ1) is 19.8. The number of rotatable bonds is 7. The molecule has 4 rings (SSSR count). The van der Waals surface area contributed by atoms with Crippen LogP contribution >= 0.6 is 11.3 Å². The quantitative estimate of drug-likeness (QED) is 0.437. The summed E-state index contributed by atoms with van der Waals surface area (Å²) in [6, 6.07) is 19.0. The lowest BCUT2D eigenvalue weighted by Crippen LogP contribution is -2.34. The van der Waals surface area contributed by atoms with Crippen molar-refractivity contribution in [1.29, 1.82) is 0 Å². The van der Waals surface area contributed by atoms with Crippen molar-refractivity contribution in [2.75, 3.05) is 18.6 Å². The molecule has 4 aromatic rings. The maximum absolute atomic E-state index is 13.1. The van der Waals surface area contributed by atoms with E-state index >= 15 is 0 Å². The molecular formula is C23H21N3O3S. The lowest BCUT2D eigenvalue weighted by Gasteiger charge is -2.19. The fraction of sp³-hybridized carbons (Fsp3) is 0.174. The maximum atomic E-state index is 13.1. The molecule has 0 aliphatic heterocycles. The second-order valence-corrected chi connectivity index (χ2v) is 7.72. The largest absolute Gasteiger partial charge is 0.494 e. The Labute approximate surface area is 178 Å². The van der Waals surface area contributed by atoms with E-state index in [4.69, 9.17) is 9.47 Å². The highest BCUT2D eigenvalue weighted by molar-refractivity contribution is 7.22. The van der Waals surface area contributed by atoms with Gasteiger partial charge in [0.25, 0.3) is 5.91 Å². The number of thiazole rings is 1. The average Bonchev–Trinajstić information content (AvgIpc) is 3.20. The number of fused-ring (bicyclic) bond motifs is 1. The molecule has 0 unspecified atom stereocenters. The molecule has 0 radical (unpaired) electrons. The number of benzene rings is 2. The predicted molar refractivity (Wildman–Crippen MR) is 118 cm³/mol. The lowest BCUT2D eigenvalue weighted by molar-refractivity contribution is -0.120. The first-order valence-electron chi connectivity index (χ1n) is 9.47. The smallest absolute Gasteiger partial charge is 0.267 e. The van der Waals surface area contributed by atoms with Crippen molar-refractivity contribution < 1.29 is 14.3 Å². The van der Waals surface area contributed by atoms with Gasteiger partial charge in [0.1, 0.15) is 17.0 Å². The first-order chi connectivity index (χ1) is 14.6. The number of ether oxygens (including phenoxy) is 2. The summed E-state index contributed by atoms with van der Waals surface area (Å²) in [4.78, 5) is 23.8. The van der Waals surface area contributed by atoms with E-state index in [2.05, 4.69) is 9.97 Å². The van der Waals surface area contributed by atoms with Gasteiger partial charge in [-0.15, -0.1) is 0 Å². The third-order valence-corrected chi connectivity index (χ3v) is 5.56. The number of aromatic nitrogens is 2. The molecule has 2 aromatic heterocycles. The Bertz CT molecular complexity index is 1160. The van der Waals surface area contributed by atoms with E-state index in [9.17, 15) is 4.79 Å². The second-order valence-electron chi connectivity index (χ2n) is 6.71. The van der Waals surface area contributed by atoms with Crippen LogP contribution < -0.4 is 14.4 Å². The molecule has 7 heteroatoms. The number of anilines is 1. The van der Waals surface area contributed by atoms with Crippen molar-refractivity contribution in [2.24, 2.45) is 0 Å². The van der Waals surface area contributed by atoms with E-state index in [-0.39, 0.29) is 12.5 Å². The fourth-order valence-corrected chi connectivity index (χ4v) is 4.04. The van der Waals surface area contributed by atoms with Crippen molar-refractivity contribution in [3.8, 4) is 11.5 Å². The van der Waals surface area contributed by atoms with Crippen LogP contribution in [-0.4, -0.2) is 29.6 Å². The topological polar surface area (TPSA) is 64.5 Å². The molecule has 0 saturated carbocycles. The Morgan fingerprint density at radius 3 is 2.73 bits per heavy atom. The Morgan fingerprint density at radius 1 is 1.10 bits per heavy atom. The molecule has 0 bridgehead atoms. The number of para-hydroxylation sites is 1. The fourth-order valence-electron chi connectivity index (χ4n) is 3.04. The van der Waals surface area contributed by atoms with Gasteiger partial charge in [0, 0.05) is 6.20 Å². The summed E-state index contributed by atoms with van der Waals surface area (Å²) in [6.45, 7) is 2.19. The summed E-state index contributed by atoms with van der Waals surface area (Å²) >= 11 is 1.44. The number of methoxy groups -OCH3 is 1. The van der Waals surface area contributed by atoms with Crippen molar-refractivity contribution in [2.45, 2.75) is 13.5 Å². The van der Waals surface area contributed by atoms with Gasteiger partial charge in [0.2, 0.25) is 0 Å². The highest BCUT2D eigenvalue weighted by atomic mass is 32.1. The third-order valence-electron chi connectivity index (χ3n) is 4.52. The summed E-state index contributed by atoms with van der Waals surface area (Å²) in [7, 11) is 1.61. The van der Waals surface area contributed by atoms with Crippen LogP contribution in [0.5, 0.6) is 11.5 Å². The number of nitrogens with zero attached hydrogens (tertiary/aromatic N) is 3. The molecule has 0 aliphatic carbocycles. The van der Waals surface area contributed by atoms with Gasteiger partial charge in [0.15, 0.2) is 11.7 Å². The number of carbonyl (C=O) groups is 1. The number of pyridine rings is 1. The molecule has 152 valence electrons. The predicted octanol–water partition coefficient (Wildman–Crippen LogP) is 4.62. The number of aryl methyl sites for hydroxylation is 1. The molecule has 0 fully saturated rings. The van der Waals surface area contributed by atoms with E-state index < -0.39 is 0 Å². The van der Waals surface area contributed by atoms with Crippen LogP contribution in [0.25, 0.3) is 10.2 Å². The zero-order chi connectivity index (χ0) is 20.9. The molecule has 30 heavy (non-hydrogen) atoms. The molecule has 1 amide bonds. The van der Waals surface area contributed by atoms with E-state index in [1.54, 1.807) is 18.2 Å². The van der Waals surface area contributed by atoms with Crippen LogP contribution in [0.4, 0.5) is 5.13 Å². The molecule has 0 atom stereocenters. The standard InChI is InChI=1S/C23H21N3O3S/c1-16-7-5-9-18(13-16)29-15-21(27)26(14-17-8-3-4-12-24-17)23-25-22-19(28-2)10-6-11-20(22)30-23/h3-13H,14-15H2,1-2H3. The van der Waals surface area contributed by atoms with Crippen LogP contribution in [-0.2, 0) is 11.3 Å². The minimum Gasteiger partial charge on any atom is -0.494 e. The normalized spacial score (nSPS) is 10.7. The van der Waals surface area contributed by atoms with Crippen LogP contribution in [0, 0.1) is 6.92 Å². The van der Waals surface area contributed by atoms with Gasteiger partial charge in [0.05, 0.1) is 24.0 Å². The number of carbonyl (C=O) groups excluding carboxylic acids is 1. The minimum absolute atomic E-state index is 0.0939. The molecule has 0 saturated heterocycles. The maximum Gasteiger partial charge on any atom is 0.267 e. The number of amides is 1. The van der Waals surface area contributed by atoms with Crippen LogP contribution in [0.1, 0.15) is 11.3 Å². The Hall–Kier alpha value is -3.45. The Balaban J connectivity index is 1.63. The van der Waals surface area contributed by atoms with Crippen molar-refractivity contribution >= 4 is 32.6 Å². The molecule has 6 nitrogen and oxygen atoms in total. The highest BCUT2D eigenvalue weighted by Crippen LogP contribution is 2.34. The molecular weight excluding hydrogens is 398 g/mol. The third kappa shape index (κ3) is 4.41. The van der Waals surface area contributed by atoms with Crippen LogP contribution in [0.2, 0.25) is 0 Å². The van der Waals surface area contributed by atoms with Crippen molar-refractivity contribution in [3.63, 3.8) is 0 Å². The minimum atomic E-state index is -0.194. The van der Waals surface area contributed by atoms with Gasteiger partial charge >= 0.3 is 0 Å². The summed E-state index contributed by atoms with van der Waals surface area (Å²) in [5, 5.41) is 0.581. The van der Waals surface area contributed by atoms with E-state index in [1.165, 1.54) is 11.3 Å². The zero-order valence-corrected chi connectivity index (χ0v) is 17.6. The van der Waals surface area contributed by atoms with Crippen LogP contribution in [0.15, 0.2) is 66.9 Å². The van der Waals surface area contributed by atoms with Gasteiger partial charge in [-0.1, -0.05) is 35.6 Å². The summed E-state index contributed by atoms with van der Waals surface area (Å²) in [5.41, 5.74) is 2.58. The van der Waals surface area contributed by atoms with E-state index in [0.29, 0.717) is 23.2 Å². The highest BCUT2D eigenvalue weighted by Gasteiger charge is 2.22. The molecule has 0 N–H and O–H groups in total. The molecule has 2 heterocycles. The van der Waals surface area contributed by atoms with Crippen molar-refractivity contribution in [3.05, 3.63) is 78.1 Å². The Kier molecular flexibility index (Phi) is 5.90. The van der Waals surface area contributed by atoms with E-state index in [1.807, 2.05) is 67.6 Å². The SMILES string of the molecule is COc1cccc2sc(N(Cc3ccccn3)C(=O)COc3cccc(C)c3)nc12. The van der Waals surface area contributed by atoms with Gasteiger partial charge in [-0.05, 0) is 48.9 Å². The van der Waals surface area contributed by atoms with Crippen molar-refractivity contribution in [1.82, 2.24) is 9.97 Å². The second kappa shape index (κ2) is 8.92. The first-order valence-corrected chi connectivity index (χ1v) is 10.3. The summed E-state index contributed by atoms with van der Waals surface area (Å²) < 4.78 is 12.1. The molecule has 0 spiro atoms. The lowest BCUT2D eigenvalue weighted by atomic mass is 10.2. The van der Waals surface area contributed by atoms with Gasteiger partial charge < -0.3 is 9.47 Å². The summed E-state index contributed by atoms with van der Waals surface area (Å²) in [5.74, 6) is 1.14. The monoisotopic (exact) mass is 419 g/mol. The molecule has 0 aliphatic rings. The number of hydrogen-bond donors (Lipinski definition) is 0. The molecule has 2 aromatic carbocycles. The van der Waals surface area contributed by atoms with Gasteiger partial charge in [-0.2, -0.15) is 0 Å². The van der Waals surface area contributed by atoms with Gasteiger partial charge in [-0.25, -0.2) is 4.98 Å². The average molecular weight is 420 g/mol.